The highest BCUT2D eigenvalue weighted by molar-refractivity contribution is 6.30. The van der Waals surface area contributed by atoms with E-state index in [4.69, 9.17) is 25.8 Å². The molecule has 2 amide bonds. The van der Waals surface area contributed by atoms with Gasteiger partial charge in [-0.05, 0) is 12.5 Å². The zero-order valence-electron chi connectivity index (χ0n) is 16.4. The number of ether oxygens (including phenoxy) is 3. The molecule has 30 heavy (non-hydrogen) atoms. The number of aromatic nitrogens is 3. The van der Waals surface area contributed by atoms with Crippen molar-refractivity contribution >= 4 is 29.2 Å². The number of anilines is 1. The molecular weight excluding hydrogens is 414 g/mol. The van der Waals surface area contributed by atoms with Crippen LogP contribution >= 0.6 is 11.6 Å². The van der Waals surface area contributed by atoms with Crippen LogP contribution in [0.1, 0.15) is 28.0 Å². The summed E-state index contributed by atoms with van der Waals surface area (Å²) in [4.78, 5) is 39.5. The van der Waals surface area contributed by atoms with Crippen LogP contribution in [-0.4, -0.2) is 66.3 Å². The Balaban J connectivity index is 1.52. The lowest BCUT2D eigenvalue weighted by molar-refractivity contribution is -0.120. The molecule has 1 N–H and O–H groups in total. The number of carbonyl (C=O) groups is 2. The minimum absolute atomic E-state index is 0.0665. The molecule has 4 rings (SSSR count). The Hall–Kier alpha value is -2.82. The van der Waals surface area contributed by atoms with Crippen LogP contribution in [-0.2, 0) is 14.3 Å². The van der Waals surface area contributed by atoms with Crippen molar-refractivity contribution in [1.29, 1.82) is 0 Å². The van der Waals surface area contributed by atoms with Crippen LogP contribution in [0.15, 0.2) is 18.5 Å². The molecule has 1 saturated heterocycles. The third-order valence-corrected chi connectivity index (χ3v) is 5.00. The lowest BCUT2D eigenvalue weighted by Crippen LogP contribution is -2.49. The first-order valence-corrected chi connectivity index (χ1v) is 9.71. The summed E-state index contributed by atoms with van der Waals surface area (Å²) in [5.41, 5.74) is 1.37. The topological polar surface area (TPSA) is 116 Å². The van der Waals surface area contributed by atoms with Gasteiger partial charge in [-0.15, -0.1) is 0 Å². The molecule has 2 atom stereocenters. The third-order valence-electron chi connectivity index (χ3n) is 4.79. The summed E-state index contributed by atoms with van der Waals surface area (Å²) in [6, 6.07) is 0.623. The number of carbonyl (C=O) groups excluding carboxylic acids is 2. The molecule has 4 heterocycles. The van der Waals surface area contributed by atoms with E-state index in [1.54, 1.807) is 19.3 Å². The number of hydrogen-bond donors (Lipinski definition) is 1. The van der Waals surface area contributed by atoms with Crippen molar-refractivity contribution in [3.8, 4) is 5.75 Å². The Morgan fingerprint density at radius 3 is 2.87 bits per heavy atom. The van der Waals surface area contributed by atoms with E-state index in [2.05, 4.69) is 20.3 Å². The molecule has 0 bridgehead atoms. The predicted molar refractivity (Wildman–Crippen MR) is 106 cm³/mol. The summed E-state index contributed by atoms with van der Waals surface area (Å²) in [6.07, 6.45) is 2.60. The van der Waals surface area contributed by atoms with Crippen molar-refractivity contribution in [2.75, 3.05) is 38.4 Å². The minimum Gasteiger partial charge on any atom is -0.487 e. The highest BCUT2D eigenvalue weighted by atomic mass is 35.5. The number of nitrogens with one attached hydrogen (secondary N) is 1. The van der Waals surface area contributed by atoms with Crippen LogP contribution in [0.5, 0.6) is 5.75 Å². The van der Waals surface area contributed by atoms with Gasteiger partial charge in [0.05, 0.1) is 30.5 Å². The van der Waals surface area contributed by atoms with Crippen molar-refractivity contribution in [3.05, 3.63) is 40.6 Å². The van der Waals surface area contributed by atoms with Gasteiger partial charge in [-0.2, -0.15) is 0 Å². The summed E-state index contributed by atoms with van der Waals surface area (Å²) < 4.78 is 16.8. The number of fused-ring (bicyclic) bond motifs is 1. The maximum atomic E-state index is 12.8. The van der Waals surface area contributed by atoms with Crippen LogP contribution < -0.4 is 15.0 Å². The second-order valence-electron chi connectivity index (χ2n) is 6.91. The van der Waals surface area contributed by atoms with E-state index in [-0.39, 0.29) is 24.4 Å². The van der Waals surface area contributed by atoms with Gasteiger partial charge in [-0.3, -0.25) is 14.5 Å². The van der Waals surface area contributed by atoms with Gasteiger partial charge >= 0.3 is 0 Å². The summed E-state index contributed by atoms with van der Waals surface area (Å²) >= 11 is 5.96. The maximum absolute atomic E-state index is 12.8. The molecule has 0 saturated carbocycles. The first-order valence-electron chi connectivity index (χ1n) is 9.33. The van der Waals surface area contributed by atoms with Gasteiger partial charge in [0.25, 0.3) is 11.8 Å². The van der Waals surface area contributed by atoms with E-state index < -0.39 is 11.9 Å². The quantitative estimate of drug-likeness (QED) is 0.764. The monoisotopic (exact) mass is 433 g/mol. The molecule has 11 heteroatoms. The normalized spacial score (nSPS) is 21.4. The van der Waals surface area contributed by atoms with E-state index in [1.807, 2.05) is 6.92 Å². The number of likely N-dealkylation sites (N-methyl/N-ethyl adjacent to an activating group) is 1. The van der Waals surface area contributed by atoms with Gasteiger partial charge in [-0.1, -0.05) is 11.6 Å². The second kappa shape index (κ2) is 8.50. The Kier molecular flexibility index (Phi) is 5.80. The van der Waals surface area contributed by atoms with Crippen LogP contribution in [0.3, 0.4) is 0 Å². The molecule has 0 radical (unpaired) electrons. The largest absolute Gasteiger partial charge is 0.487 e. The van der Waals surface area contributed by atoms with Crippen molar-refractivity contribution in [2.24, 2.45) is 0 Å². The lowest BCUT2D eigenvalue weighted by atomic mass is 10.1. The van der Waals surface area contributed by atoms with Gasteiger partial charge in [0.1, 0.15) is 18.8 Å². The molecule has 1 unspecified atom stereocenters. The Labute approximate surface area is 177 Å². The fourth-order valence-electron chi connectivity index (χ4n) is 3.22. The number of nitrogens with zero attached hydrogens (tertiary/aromatic N) is 4. The van der Waals surface area contributed by atoms with Gasteiger partial charge in [0, 0.05) is 25.5 Å². The Morgan fingerprint density at radius 2 is 2.10 bits per heavy atom. The zero-order valence-corrected chi connectivity index (χ0v) is 17.2. The fourth-order valence-corrected chi connectivity index (χ4v) is 3.36. The van der Waals surface area contributed by atoms with Gasteiger partial charge in [0.2, 0.25) is 5.82 Å². The molecule has 0 aromatic carbocycles. The Morgan fingerprint density at radius 1 is 1.27 bits per heavy atom. The molecule has 1 fully saturated rings. The van der Waals surface area contributed by atoms with Crippen LogP contribution in [0.25, 0.3) is 0 Å². The number of rotatable bonds is 3. The fraction of sp³-hybridized carbons (Fsp3) is 0.421. The standard InChI is InChI=1S/C19H20ClN5O5/c1-10-6-21-16(24-15(10)14-9-28-3-4-29-14)18(26)23-12-8-30-13-5-11(20)7-22-17(13)25(2)19(12)27/h5-7,12,14H,3-4,8-9H2,1-2H3,(H,23,26)/t12-,14?/m0/s1. The van der Waals surface area contributed by atoms with E-state index in [0.717, 1.165) is 5.56 Å². The second-order valence-corrected chi connectivity index (χ2v) is 7.34. The molecule has 2 aromatic heterocycles. The van der Waals surface area contributed by atoms with Crippen LogP contribution in [0, 0.1) is 6.92 Å². The molecule has 10 nitrogen and oxygen atoms in total. The van der Waals surface area contributed by atoms with Crippen molar-refractivity contribution in [2.45, 2.75) is 19.1 Å². The molecular formula is C19H20ClN5O5. The van der Waals surface area contributed by atoms with E-state index in [0.29, 0.717) is 42.1 Å². The summed E-state index contributed by atoms with van der Waals surface area (Å²) in [5, 5.41) is 3.02. The number of aryl methyl sites for hydroxylation is 1. The average Bonchev–Trinajstić information content (AvgIpc) is 2.86. The van der Waals surface area contributed by atoms with Gasteiger partial charge in [0.15, 0.2) is 11.6 Å². The highest BCUT2D eigenvalue weighted by Crippen LogP contribution is 2.30. The molecule has 0 aliphatic carbocycles. The summed E-state index contributed by atoms with van der Waals surface area (Å²) in [5.74, 6) is -0.361. The van der Waals surface area contributed by atoms with Crippen molar-refractivity contribution in [3.63, 3.8) is 0 Å². The molecule has 0 spiro atoms. The smallest absolute Gasteiger partial charge is 0.289 e. The van der Waals surface area contributed by atoms with Crippen LogP contribution in [0.2, 0.25) is 5.02 Å². The average molecular weight is 434 g/mol. The summed E-state index contributed by atoms with van der Waals surface area (Å²) in [6.45, 7) is 3.08. The number of hydrogen-bond acceptors (Lipinski definition) is 8. The highest BCUT2D eigenvalue weighted by Gasteiger charge is 2.32. The predicted octanol–water partition coefficient (Wildman–Crippen LogP) is 1.08. The number of halogens is 1. The molecule has 2 aliphatic rings. The first kappa shape index (κ1) is 20.5. The van der Waals surface area contributed by atoms with Crippen molar-refractivity contribution in [1.82, 2.24) is 20.3 Å². The molecule has 2 aromatic rings. The van der Waals surface area contributed by atoms with Gasteiger partial charge < -0.3 is 19.5 Å². The summed E-state index contributed by atoms with van der Waals surface area (Å²) in [7, 11) is 1.55. The third kappa shape index (κ3) is 4.07. The Bertz CT molecular complexity index is 982. The molecule has 2 aliphatic heterocycles. The lowest BCUT2D eigenvalue weighted by Gasteiger charge is -2.24. The van der Waals surface area contributed by atoms with E-state index >= 15 is 0 Å². The SMILES string of the molecule is Cc1cnc(C(=O)N[C@H]2COc3cc(Cl)cnc3N(C)C2=O)nc1C1COCCO1. The van der Waals surface area contributed by atoms with Crippen LogP contribution in [0.4, 0.5) is 5.82 Å². The molecule has 158 valence electrons. The first-order chi connectivity index (χ1) is 14.4. The van der Waals surface area contributed by atoms with E-state index in [9.17, 15) is 9.59 Å². The van der Waals surface area contributed by atoms with Crippen molar-refractivity contribution < 1.29 is 23.8 Å². The zero-order chi connectivity index (χ0) is 21.3. The number of pyridine rings is 1. The minimum atomic E-state index is -0.946. The number of amides is 2. The van der Waals surface area contributed by atoms with Gasteiger partial charge in [-0.25, -0.2) is 15.0 Å². The van der Waals surface area contributed by atoms with E-state index in [1.165, 1.54) is 11.1 Å². The maximum Gasteiger partial charge on any atom is 0.289 e.